The van der Waals surface area contributed by atoms with E-state index in [1.165, 1.54) is 32.4 Å². The molecule has 0 radical (unpaired) electrons. The van der Waals surface area contributed by atoms with Gasteiger partial charge in [-0.25, -0.2) is 9.59 Å². The van der Waals surface area contributed by atoms with Crippen molar-refractivity contribution in [1.29, 1.82) is 0 Å². The fourth-order valence-corrected chi connectivity index (χ4v) is 5.08. The van der Waals surface area contributed by atoms with Gasteiger partial charge >= 0.3 is 11.9 Å². The lowest BCUT2D eigenvalue weighted by Crippen LogP contribution is -2.40. The van der Waals surface area contributed by atoms with Crippen molar-refractivity contribution >= 4 is 22.8 Å². The molecule has 2 aliphatic carbocycles. The van der Waals surface area contributed by atoms with E-state index >= 15 is 0 Å². The Kier molecular flexibility index (Phi) is 5.40. The van der Waals surface area contributed by atoms with Crippen LogP contribution in [0.3, 0.4) is 0 Å². The summed E-state index contributed by atoms with van der Waals surface area (Å²) >= 11 is 0. The van der Waals surface area contributed by atoms with E-state index in [9.17, 15) is 0 Å². The van der Waals surface area contributed by atoms with Gasteiger partial charge in [-0.1, -0.05) is 24.6 Å². The maximum Gasteiger partial charge on any atom is 0.414 e. The van der Waals surface area contributed by atoms with Gasteiger partial charge in [0.05, 0.1) is 5.52 Å². The quantitative estimate of drug-likeness (QED) is 0.572. The monoisotopic (exact) mass is 453 g/mol. The van der Waals surface area contributed by atoms with E-state index in [1.807, 2.05) is 16.8 Å². The molecule has 174 valence electrons. The van der Waals surface area contributed by atoms with Crippen molar-refractivity contribution in [1.82, 2.24) is 24.9 Å². The van der Waals surface area contributed by atoms with Gasteiger partial charge in [0.25, 0.3) is 5.89 Å². The molecule has 10 heteroatoms. The van der Waals surface area contributed by atoms with E-state index in [4.69, 9.17) is 29.3 Å². The van der Waals surface area contributed by atoms with Gasteiger partial charge < -0.3 is 14.6 Å². The zero-order valence-corrected chi connectivity index (χ0v) is 18.6. The zero-order valence-electron chi connectivity index (χ0n) is 18.6. The third-order valence-corrected chi connectivity index (χ3v) is 7.03. The Morgan fingerprint density at radius 1 is 1.06 bits per heavy atom. The number of likely N-dealkylation sites (tertiary alicyclic amines) is 1. The van der Waals surface area contributed by atoms with Crippen LogP contribution in [0.1, 0.15) is 51.0 Å². The minimum Gasteiger partial charge on any atom is -0.473 e. The predicted octanol–water partition coefficient (Wildman–Crippen LogP) is 3.02. The zero-order chi connectivity index (χ0) is 23.3. The molecule has 2 unspecified atom stereocenters. The highest BCUT2D eigenvalue weighted by molar-refractivity contribution is 6.27. The molecule has 3 fully saturated rings. The van der Waals surface area contributed by atoms with Crippen LogP contribution >= 0.6 is 0 Å². The van der Waals surface area contributed by atoms with Crippen LogP contribution < -0.4 is 0 Å². The lowest BCUT2D eigenvalue weighted by atomic mass is 9.91. The lowest BCUT2D eigenvalue weighted by Gasteiger charge is -2.35. The van der Waals surface area contributed by atoms with E-state index in [0.717, 1.165) is 28.5 Å². The molecule has 0 spiro atoms. The third-order valence-electron chi connectivity index (χ3n) is 7.03. The number of carboxylic acids is 2. The molecule has 3 heterocycles. The van der Waals surface area contributed by atoms with Gasteiger partial charge in [-0.15, -0.1) is 10.2 Å². The topological polar surface area (TPSA) is 135 Å². The summed E-state index contributed by atoms with van der Waals surface area (Å²) in [6.07, 6.45) is 4.19. The Labute approximate surface area is 190 Å². The summed E-state index contributed by atoms with van der Waals surface area (Å²) in [6.45, 7) is 6.70. The number of nitrogens with zero attached hydrogens (tertiary/aromatic N) is 5. The predicted molar refractivity (Wildman–Crippen MR) is 118 cm³/mol. The third kappa shape index (κ3) is 3.88. The van der Waals surface area contributed by atoms with Gasteiger partial charge in [-0.2, -0.15) is 5.10 Å². The molecule has 2 saturated carbocycles. The number of rotatable bonds is 4. The summed E-state index contributed by atoms with van der Waals surface area (Å²) in [6, 6.07) is 9.40. The number of aromatic nitrogens is 4. The van der Waals surface area contributed by atoms with Crippen LogP contribution in [-0.4, -0.2) is 66.2 Å². The molecule has 2 atom stereocenters. The first-order valence-corrected chi connectivity index (χ1v) is 11.4. The number of carboxylic acid groups (broad SMARTS) is 2. The first kappa shape index (κ1) is 21.6. The van der Waals surface area contributed by atoms with Crippen LogP contribution in [-0.2, 0) is 9.59 Å². The molecule has 6 rings (SSSR count). The second-order valence-corrected chi connectivity index (χ2v) is 9.35. The van der Waals surface area contributed by atoms with E-state index < -0.39 is 11.9 Å². The fourth-order valence-electron chi connectivity index (χ4n) is 5.08. The SMILES string of the molecule is CC(C)n1nc(-c2nnc(C3C4CN(C5CCC5)CC43)o2)c2ccccc21.O=C(O)C(=O)O. The Hall–Kier alpha value is -3.27. The maximum atomic E-state index is 9.10. The minimum absolute atomic E-state index is 0.284. The van der Waals surface area contributed by atoms with E-state index in [2.05, 4.69) is 41.1 Å². The van der Waals surface area contributed by atoms with Crippen molar-refractivity contribution in [2.45, 2.75) is 51.1 Å². The number of para-hydroxylation sites is 1. The second kappa shape index (κ2) is 8.26. The molecule has 2 aromatic heterocycles. The molecule has 1 aliphatic heterocycles. The minimum atomic E-state index is -1.82. The van der Waals surface area contributed by atoms with Gasteiger partial charge in [0.2, 0.25) is 5.89 Å². The molecule has 1 aromatic carbocycles. The lowest BCUT2D eigenvalue weighted by molar-refractivity contribution is -0.159. The average molecular weight is 453 g/mol. The molecule has 10 nitrogen and oxygen atoms in total. The van der Waals surface area contributed by atoms with Gasteiger partial charge in [-0.3, -0.25) is 9.58 Å². The maximum absolute atomic E-state index is 9.10. The van der Waals surface area contributed by atoms with Crippen LogP contribution in [0.2, 0.25) is 0 Å². The smallest absolute Gasteiger partial charge is 0.414 e. The van der Waals surface area contributed by atoms with E-state index in [0.29, 0.717) is 23.6 Å². The Morgan fingerprint density at radius 3 is 2.30 bits per heavy atom. The van der Waals surface area contributed by atoms with E-state index in [-0.39, 0.29) is 6.04 Å². The van der Waals surface area contributed by atoms with Crippen molar-refractivity contribution in [3.63, 3.8) is 0 Å². The molecular weight excluding hydrogens is 426 g/mol. The van der Waals surface area contributed by atoms with Crippen molar-refractivity contribution in [2.75, 3.05) is 13.1 Å². The van der Waals surface area contributed by atoms with Crippen LogP contribution in [0, 0.1) is 11.8 Å². The number of aliphatic carboxylic acids is 2. The highest BCUT2D eigenvalue weighted by Gasteiger charge is 2.60. The summed E-state index contributed by atoms with van der Waals surface area (Å²) < 4.78 is 8.19. The van der Waals surface area contributed by atoms with Gasteiger partial charge in [-0.05, 0) is 44.6 Å². The standard InChI is InChI=1S/C21H25N5O.C2H2O4/c1-12(2)26-17-9-4-3-8-14(17)19(24-26)21-23-22-20(27-21)18-15-10-25(11-16(15)18)13-6-5-7-13;3-1(4)2(5)6/h3-4,8-9,12-13,15-16,18H,5-7,10-11H2,1-2H3;(H,3,4)(H,5,6). The average Bonchev–Trinajstić information content (AvgIpc) is 3.18. The number of hydrogen-bond acceptors (Lipinski definition) is 7. The van der Waals surface area contributed by atoms with Crippen LogP contribution in [0.5, 0.6) is 0 Å². The van der Waals surface area contributed by atoms with Crippen molar-refractivity contribution in [2.24, 2.45) is 11.8 Å². The number of carbonyl (C=O) groups is 2. The van der Waals surface area contributed by atoms with Gasteiger partial charge in [0.15, 0.2) is 5.69 Å². The summed E-state index contributed by atoms with van der Waals surface area (Å²) in [5.41, 5.74) is 1.92. The highest BCUT2D eigenvalue weighted by Crippen LogP contribution is 2.59. The van der Waals surface area contributed by atoms with Crippen LogP contribution in [0.25, 0.3) is 22.5 Å². The first-order valence-electron chi connectivity index (χ1n) is 11.4. The molecule has 3 aromatic rings. The van der Waals surface area contributed by atoms with Crippen molar-refractivity contribution in [3.05, 3.63) is 30.2 Å². The summed E-state index contributed by atoms with van der Waals surface area (Å²) in [5.74, 6) is -0.392. The van der Waals surface area contributed by atoms with Crippen molar-refractivity contribution in [3.8, 4) is 11.6 Å². The number of fused-ring (bicyclic) bond motifs is 2. The molecule has 3 aliphatic rings. The molecule has 0 amide bonds. The van der Waals surface area contributed by atoms with Crippen LogP contribution in [0.15, 0.2) is 28.7 Å². The normalized spacial score (nSPS) is 24.3. The molecule has 0 bridgehead atoms. The number of piperidine rings is 1. The summed E-state index contributed by atoms with van der Waals surface area (Å²) in [4.78, 5) is 20.9. The van der Waals surface area contributed by atoms with Crippen molar-refractivity contribution < 1.29 is 24.2 Å². The molecular formula is C23H27N5O5. The fraction of sp³-hybridized carbons (Fsp3) is 0.522. The molecule has 2 N–H and O–H groups in total. The Bertz CT molecular complexity index is 1170. The van der Waals surface area contributed by atoms with Gasteiger partial charge in [0.1, 0.15) is 0 Å². The first-order chi connectivity index (χ1) is 15.8. The van der Waals surface area contributed by atoms with Crippen LogP contribution in [0.4, 0.5) is 0 Å². The van der Waals surface area contributed by atoms with Gasteiger partial charge in [0, 0.05) is 36.5 Å². The molecule has 33 heavy (non-hydrogen) atoms. The Morgan fingerprint density at radius 2 is 1.73 bits per heavy atom. The second-order valence-electron chi connectivity index (χ2n) is 9.35. The number of benzene rings is 1. The largest absolute Gasteiger partial charge is 0.473 e. The summed E-state index contributed by atoms with van der Waals surface area (Å²) in [7, 11) is 0. The highest BCUT2D eigenvalue weighted by atomic mass is 16.4. The Balaban J connectivity index is 0.000000340. The summed E-state index contributed by atoms with van der Waals surface area (Å²) in [5, 5.41) is 29.4. The molecule has 1 saturated heterocycles. The van der Waals surface area contributed by atoms with E-state index in [1.54, 1.807) is 0 Å². The number of hydrogen-bond donors (Lipinski definition) is 2.